The van der Waals surface area contributed by atoms with E-state index in [-0.39, 0.29) is 5.25 Å². The Hall–Kier alpha value is -0.710. The molecule has 0 spiro atoms. The molecule has 1 aliphatic carbocycles. The highest BCUT2D eigenvalue weighted by atomic mass is 35.5. The van der Waals surface area contributed by atoms with Crippen molar-refractivity contribution in [3.8, 4) is 0 Å². The van der Waals surface area contributed by atoms with Crippen LogP contribution in [-0.2, 0) is 6.42 Å². The van der Waals surface area contributed by atoms with Crippen LogP contribution in [0.5, 0.6) is 0 Å². The summed E-state index contributed by atoms with van der Waals surface area (Å²) in [7, 11) is 0. The van der Waals surface area contributed by atoms with Gasteiger partial charge in [0.25, 0.3) is 0 Å². The largest absolute Gasteiger partial charge is 0.377 e. The van der Waals surface area contributed by atoms with Gasteiger partial charge in [-0.3, -0.25) is 0 Å². The van der Waals surface area contributed by atoms with Gasteiger partial charge in [-0.25, -0.2) is 0 Å². The summed E-state index contributed by atoms with van der Waals surface area (Å²) >= 11 is 13.9. The molecule has 2 aliphatic rings. The summed E-state index contributed by atoms with van der Waals surface area (Å²) in [6.45, 7) is 0. The Morgan fingerprint density at radius 2 is 2.12 bits per heavy atom. The van der Waals surface area contributed by atoms with Gasteiger partial charge in [-0.2, -0.15) is 5.10 Å². The number of halogens is 2. The van der Waals surface area contributed by atoms with Crippen molar-refractivity contribution >= 4 is 45.8 Å². The van der Waals surface area contributed by atoms with Crippen LogP contribution in [0.4, 0.5) is 0 Å². The van der Waals surface area contributed by atoms with Crippen molar-refractivity contribution in [1.82, 2.24) is 0 Å². The lowest BCUT2D eigenvalue weighted by Gasteiger charge is -2.28. The predicted molar refractivity (Wildman–Crippen MR) is 74.3 cm³/mol. The standard InChI is InChI=1S/C11H9Cl2N3S/c12-6-3-1-5-2-4-7-10(8(5)9(6)13)15-16-11(14)17-7/h1,3,7H,2,4H2,(H2,14,16). The summed E-state index contributed by atoms with van der Waals surface area (Å²) in [5, 5.41) is 10.0. The van der Waals surface area contributed by atoms with Gasteiger partial charge in [0.05, 0.1) is 21.0 Å². The molecule has 0 saturated carbocycles. The molecule has 6 heteroatoms. The average Bonchev–Trinajstić information content (AvgIpc) is 2.33. The van der Waals surface area contributed by atoms with Crippen molar-refractivity contribution in [2.24, 2.45) is 15.9 Å². The second-order valence-electron chi connectivity index (χ2n) is 3.96. The Bertz CT molecular complexity index is 554. The van der Waals surface area contributed by atoms with Crippen LogP contribution in [0.1, 0.15) is 17.5 Å². The van der Waals surface area contributed by atoms with Crippen molar-refractivity contribution in [2.45, 2.75) is 18.1 Å². The molecule has 1 unspecified atom stereocenters. The molecule has 1 aromatic rings. The summed E-state index contributed by atoms with van der Waals surface area (Å²) in [4.78, 5) is 0. The molecule has 0 fully saturated rings. The van der Waals surface area contributed by atoms with Crippen LogP contribution < -0.4 is 5.73 Å². The number of nitrogens with two attached hydrogens (primary N) is 1. The topological polar surface area (TPSA) is 50.7 Å². The number of aryl methyl sites for hydroxylation is 1. The molecular weight excluding hydrogens is 277 g/mol. The summed E-state index contributed by atoms with van der Waals surface area (Å²) < 4.78 is 0. The van der Waals surface area contributed by atoms with E-state index in [9.17, 15) is 0 Å². The molecule has 1 aromatic carbocycles. The number of hydrogen-bond donors (Lipinski definition) is 1. The molecule has 3 nitrogen and oxygen atoms in total. The van der Waals surface area contributed by atoms with E-state index in [1.54, 1.807) is 11.8 Å². The van der Waals surface area contributed by atoms with Crippen molar-refractivity contribution in [3.63, 3.8) is 0 Å². The molecule has 88 valence electrons. The first-order valence-electron chi connectivity index (χ1n) is 5.21. The Kier molecular flexibility index (Phi) is 2.81. The maximum atomic E-state index is 6.27. The monoisotopic (exact) mass is 285 g/mol. The van der Waals surface area contributed by atoms with Gasteiger partial charge < -0.3 is 5.73 Å². The van der Waals surface area contributed by atoms with Crippen LogP contribution in [0.2, 0.25) is 10.0 Å². The number of fused-ring (bicyclic) bond motifs is 3. The van der Waals surface area contributed by atoms with E-state index < -0.39 is 0 Å². The second kappa shape index (κ2) is 4.19. The minimum atomic E-state index is 0.246. The molecule has 1 heterocycles. The predicted octanol–water partition coefficient (Wildman–Crippen LogP) is 3.07. The SMILES string of the molecule is NC1=NN=C2c3c(ccc(Cl)c3Cl)CCC2S1. The Labute approximate surface area is 113 Å². The summed E-state index contributed by atoms with van der Waals surface area (Å²) in [6, 6.07) is 3.84. The van der Waals surface area contributed by atoms with Gasteiger partial charge in [-0.1, -0.05) is 41.0 Å². The maximum Gasteiger partial charge on any atom is 0.181 e. The van der Waals surface area contributed by atoms with Crippen LogP contribution in [0.15, 0.2) is 22.3 Å². The van der Waals surface area contributed by atoms with E-state index in [2.05, 4.69) is 10.2 Å². The number of amidine groups is 1. The summed E-state index contributed by atoms with van der Waals surface area (Å²) in [5.41, 5.74) is 8.71. The van der Waals surface area contributed by atoms with Crippen molar-refractivity contribution in [1.29, 1.82) is 0 Å². The molecule has 0 radical (unpaired) electrons. The molecule has 1 aliphatic heterocycles. The number of nitrogens with zero attached hydrogens (tertiary/aromatic N) is 2. The van der Waals surface area contributed by atoms with Crippen LogP contribution in [0.3, 0.4) is 0 Å². The van der Waals surface area contributed by atoms with E-state index in [0.29, 0.717) is 15.2 Å². The fourth-order valence-electron chi connectivity index (χ4n) is 2.16. The van der Waals surface area contributed by atoms with Crippen molar-refractivity contribution in [3.05, 3.63) is 33.3 Å². The fraction of sp³-hybridized carbons (Fsp3) is 0.273. The molecular formula is C11H9Cl2N3S. The van der Waals surface area contributed by atoms with Crippen molar-refractivity contribution < 1.29 is 0 Å². The highest BCUT2D eigenvalue weighted by Gasteiger charge is 2.31. The van der Waals surface area contributed by atoms with Crippen LogP contribution >= 0.6 is 35.0 Å². The first kappa shape index (κ1) is 11.4. The fourth-order valence-corrected chi connectivity index (χ4v) is 3.49. The number of rotatable bonds is 0. The van der Waals surface area contributed by atoms with Crippen LogP contribution in [0, 0.1) is 0 Å². The minimum absolute atomic E-state index is 0.246. The lowest BCUT2D eigenvalue weighted by molar-refractivity contribution is 0.846. The third-order valence-electron chi connectivity index (χ3n) is 2.94. The van der Waals surface area contributed by atoms with E-state index in [1.165, 1.54) is 5.56 Å². The highest BCUT2D eigenvalue weighted by molar-refractivity contribution is 8.15. The number of thioether (sulfide) groups is 1. The smallest absolute Gasteiger partial charge is 0.181 e. The van der Waals surface area contributed by atoms with Crippen molar-refractivity contribution in [2.75, 3.05) is 0 Å². The Balaban J connectivity index is 2.20. The van der Waals surface area contributed by atoms with Crippen LogP contribution in [0.25, 0.3) is 0 Å². The van der Waals surface area contributed by atoms with E-state index in [0.717, 1.165) is 24.1 Å². The first-order chi connectivity index (χ1) is 8.16. The molecule has 0 saturated heterocycles. The molecule has 17 heavy (non-hydrogen) atoms. The number of benzene rings is 1. The molecule has 3 rings (SSSR count). The van der Waals surface area contributed by atoms with Gasteiger partial charge in [0.1, 0.15) is 0 Å². The normalized spacial score (nSPS) is 22.4. The van der Waals surface area contributed by atoms with Gasteiger partial charge >= 0.3 is 0 Å². The van der Waals surface area contributed by atoms with Gasteiger partial charge in [0, 0.05) is 5.56 Å². The zero-order valence-electron chi connectivity index (χ0n) is 8.78. The van der Waals surface area contributed by atoms with E-state index >= 15 is 0 Å². The zero-order valence-corrected chi connectivity index (χ0v) is 11.1. The Morgan fingerprint density at radius 3 is 2.94 bits per heavy atom. The average molecular weight is 286 g/mol. The molecule has 0 bridgehead atoms. The Morgan fingerprint density at radius 1 is 1.29 bits per heavy atom. The molecule has 0 aromatic heterocycles. The summed E-state index contributed by atoms with van der Waals surface area (Å²) in [6.07, 6.45) is 1.97. The van der Waals surface area contributed by atoms with Gasteiger partial charge in [0.2, 0.25) is 0 Å². The van der Waals surface area contributed by atoms with E-state index in [1.807, 2.05) is 12.1 Å². The maximum absolute atomic E-state index is 6.27. The lowest BCUT2D eigenvalue weighted by Crippen LogP contribution is -2.31. The molecule has 0 amide bonds. The zero-order chi connectivity index (χ0) is 12.0. The number of hydrogen-bond acceptors (Lipinski definition) is 4. The van der Waals surface area contributed by atoms with Gasteiger partial charge in [-0.15, -0.1) is 5.10 Å². The lowest BCUT2D eigenvalue weighted by atomic mass is 9.89. The van der Waals surface area contributed by atoms with Crippen LogP contribution in [-0.4, -0.2) is 16.1 Å². The third-order valence-corrected chi connectivity index (χ3v) is 4.81. The van der Waals surface area contributed by atoms with E-state index in [4.69, 9.17) is 28.9 Å². The third kappa shape index (κ3) is 1.84. The highest BCUT2D eigenvalue weighted by Crippen LogP contribution is 2.38. The molecule has 2 N–H and O–H groups in total. The van der Waals surface area contributed by atoms with Gasteiger partial charge in [0.15, 0.2) is 5.17 Å². The second-order valence-corrected chi connectivity index (χ2v) is 5.97. The first-order valence-corrected chi connectivity index (χ1v) is 6.85. The summed E-state index contributed by atoms with van der Waals surface area (Å²) in [5.74, 6) is 0. The minimum Gasteiger partial charge on any atom is -0.377 e. The quantitative estimate of drug-likeness (QED) is 0.796. The van der Waals surface area contributed by atoms with Gasteiger partial charge in [-0.05, 0) is 24.5 Å². The molecule has 1 atom stereocenters.